The molecule has 4 heteroatoms. The Morgan fingerprint density at radius 1 is 1.00 bits per heavy atom. The summed E-state index contributed by atoms with van der Waals surface area (Å²) in [5, 5.41) is 0. The van der Waals surface area contributed by atoms with Gasteiger partial charge in [-0.1, -0.05) is 25.3 Å². The van der Waals surface area contributed by atoms with Crippen LogP contribution in [-0.4, -0.2) is 52.9 Å². The molecule has 0 atom stereocenters. The standard InChI is InChI=1S/C20H29N3O/c24-20(23-14-17(15-23)19-8-4-5-11-21-19)16-9-12-22(13-10-16)18-6-2-1-3-7-18/h4-5,8,11,16-18H,1-3,6-7,9-10,12-15H2. The third-order valence-electron chi connectivity index (χ3n) is 6.27. The normalized spacial score (nSPS) is 24.8. The number of hydrogen-bond acceptors (Lipinski definition) is 3. The zero-order chi connectivity index (χ0) is 16.4. The van der Waals surface area contributed by atoms with Crippen LogP contribution in [0.25, 0.3) is 0 Å². The summed E-state index contributed by atoms with van der Waals surface area (Å²) in [6, 6.07) is 6.86. The molecule has 1 amide bonds. The van der Waals surface area contributed by atoms with E-state index in [-0.39, 0.29) is 5.92 Å². The molecule has 130 valence electrons. The summed E-state index contributed by atoms with van der Waals surface area (Å²) >= 11 is 0. The topological polar surface area (TPSA) is 36.4 Å². The second-order valence-corrected chi connectivity index (χ2v) is 7.80. The zero-order valence-corrected chi connectivity index (χ0v) is 14.6. The molecular formula is C20H29N3O. The predicted octanol–water partition coefficient (Wildman–Crippen LogP) is 3.05. The van der Waals surface area contributed by atoms with Crippen molar-refractivity contribution in [3.05, 3.63) is 30.1 Å². The summed E-state index contributed by atoms with van der Waals surface area (Å²) < 4.78 is 0. The summed E-state index contributed by atoms with van der Waals surface area (Å²) in [5.74, 6) is 1.09. The van der Waals surface area contributed by atoms with Crippen LogP contribution in [0.4, 0.5) is 0 Å². The maximum absolute atomic E-state index is 12.7. The van der Waals surface area contributed by atoms with Crippen molar-refractivity contribution in [1.29, 1.82) is 0 Å². The second kappa shape index (κ2) is 7.22. The smallest absolute Gasteiger partial charge is 0.225 e. The van der Waals surface area contributed by atoms with Crippen LogP contribution < -0.4 is 0 Å². The van der Waals surface area contributed by atoms with Crippen LogP contribution >= 0.6 is 0 Å². The van der Waals surface area contributed by atoms with E-state index in [1.807, 2.05) is 18.3 Å². The van der Waals surface area contributed by atoms with Crippen molar-refractivity contribution in [1.82, 2.24) is 14.8 Å². The van der Waals surface area contributed by atoms with E-state index in [9.17, 15) is 4.79 Å². The predicted molar refractivity (Wildman–Crippen MR) is 94.7 cm³/mol. The first kappa shape index (κ1) is 16.1. The van der Waals surface area contributed by atoms with Gasteiger partial charge < -0.3 is 9.80 Å². The molecule has 0 bridgehead atoms. The second-order valence-electron chi connectivity index (χ2n) is 7.80. The molecule has 4 nitrogen and oxygen atoms in total. The molecule has 4 rings (SSSR count). The Morgan fingerprint density at radius 2 is 1.75 bits per heavy atom. The van der Waals surface area contributed by atoms with Gasteiger partial charge in [-0.05, 0) is 50.9 Å². The van der Waals surface area contributed by atoms with Crippen molar-refractivity contribution in [2.45, 2.75) is 56.9 Å². The van der Waals surface area contributed by atoms with Gasteiger partial charge in [0.25, 0.3) is 0 Å². The van der Waals surface area contributed by atoms with Crippen molar-refractivity contribution in [3.8, 4) is 0 Å². The van der Waals surface area contributed by atoms with E-state index in [4.69, 9.17) is 0 Å². The first-order valence-electron chi connectivity index (χ1n) is 9.75. The van der Waals surface area contributed by atoms with Crippen molar-refractivity contribution in [2.24, 2.45) is 5.92 Å². The third-order valence-corrected chi connectivity index (χ3v) is 6.27. The summed E-state index contributed by atoms with van der Waals surface area (Å²) in [6.45, 7) is 3.97. The quantitative estimate of drug-likeness (QED) is 0.856. The van der Waals surface area contributed by atoms with Crippen molar-refractivity contribution in [2.75, 3.05) is 26.2 Å². The van der Waals surface area contributed by atoms with Gasteiger partial charge in [-0.3, -0.25) is 9.78 Å². The highest BCUT2D eigenvalue weighted by Crippen LogP contribution is 2.31. The van der Waals surface area contributed by atoms with Crippen LogP contribution in [0.2, 0.25) is 0 Å². The SMILES string of the molecule is O=C(C1CCN(C2CCCCC2)CC1)N1CC(c2ccccn2)C1. The Bertz CT molecular complexity index is 541. The Kier molecular flexibility index (Phi) is 4.83. The van der Waals surface area contributed by atoms with Crippen molar-refractivity contribution >= 4 is 5.91 Å². The van der Waals surface area contributed by atoms with Crippen LogP contribution in [-0.2, 0) is 4.79 Å². The summed E-state index contributed by atoms with van der Waals surface area (Å²) in [4.78, 5) is 21.9. The van der Waals surface area contributed by atoms with E-state index in [0.717, 1.165) is 50.8 Å². The van der Waals surface area contributed by atoms with Gasteiger partial charge in [0, 0.05) is 42.9 Å². The number of carbonyl (C=O) groups excluding carboxylic acids is 1. The summed E-state index contributed by atoms with van der Waals surface area (Å²) in [6.07, 6.45) is 10.9. The number of carbonyl (C=O) groups is 1. The Balaban J connectivity index is 1.24. The Labute approximate surface area is 145 Å². The highest BCUT2D eigenvalue weighted by atomic mass is 16.2. The van der Waals surface area contributed by atoms with Crippen molar-refractivity contribution < 1.29 is 4.79 Å². The highest BCUT2D eigenvalue weighted by Gasteiger charge is 2.37. The van der Waals surface area contributed by atoms with Crippen LogP contribution in [0.15, 0.2) is 24.4 Å². The number of nitrogens with zero attached hydrogens (tertiary/aromatic N) is 3. The van der Waals surface area contributed by atoms with Gasteiger partial charge in [0.05, 0.1) is 0 Å². The van der Waals surface area contributed by atoms with E-state index in [1.165, 1.54) is 32.1 Å². The fourth-order valence-electron chi connectivity index (χ4n) is 4.68. The number of likely N-dealkylation sites (tertiary alicyclic amines) is 2. The molecule has 1 saturated carbocycles. The molecule has 24 heavy (non-hydrogen) atoms. The van der Waals surface area contributed by atoms with Gasteiger partial charge >= 0.3 is 0 Å². The van der Waals surface area contributed by atoms with Crippen LogP contribution in [0.1, 0.15) is 56.6 Å². The van der Waals surface area contributed by atoms with E-state index in [0.29, 0.717) is 11.8 Å². The van der Waals surface area contributed by atoms with Crippen LogP contribution in [0.3, 0.4) is 0 Å². The number of amides is 1. The first-order chi connectivity index (χ1) is 11.8. The zero-order valence-electron chi connectivity index (χ0n) is 14.6. The number of rotatable bonds is 3. The lowest BCUT2D eigenvalue weighted by molar-refractivity contribution is -0.142. The molecule has 1 aromatic heterocycles. The Morgan fingerprint density at radius 3 is 2.42 bits per heavy atom. The average Bonchev–Trinajstić information content (AvgIpc) is 2.62. The van der Waals surface area contributed by atoms with E-state index >= 15 is 0 Å². The molecule has 3 heterocycles. The number of pyridine rings is 1. The van der Waals surface area contributed by atoms with Gasteiger partial charge in [0.1, 0.15) is 0 Å². The molecule has 3 fully saturated rings. The minimum absolute atomic E-state index is 0.259. The summed E-state index contributed by atoms with van der Waals surface area (Å²) in [5.41, 5.74) is 1.13. The molecule has 2 saturated heterocycles. The number of aromatic nitrogens is 1. The van der Waals surface area contributed by atoms with Gasteiger partial charge in [-0.15, -0.1) is 0 Å². The third kappa shape index (κ3) is 3.34. The van der Waals surface area contributed by atoms with Gasteiger partial charge in [-0.25, -0.2) is 0 Å². The van der Waals surface area contributed by atoms with E-state index < -0.39 is 0 Å². The molecule has 0 N–H and O–H groups in total. The van der Waals surface area contributed by atoms with Crippen molar-refractivity contribution in [3.63, 3.8) is 0 Å². The fourth-order valence-corrected chi connectivity index (χ4v) is 4.68. The van der Waals surface area contributed by atoms with Gasteiger partial charge in [0.15, 0.2) is 0 Å². The van der Waals surface area contributed by atoms with E-state index in [1.54, 1.807) is 0 Å². The molecular weight excluding hydrogens is 298 g/mol. The lowest BCUT2D eigenvalue weighted by Gasteiger charge is -2.43. The minimum Gasteiger partial charge on any atom is -0.341 e. The summed E-state index contributed by atoms with van der Waals surface area (Å²) in [7, 11) is 0. The lowest BCUT2D eigenvalue weighted by atomic mass is 9.88. The maximum Gasteiger partial charge on any atom is 0.225 e. The largest absolute Gasteiger partial charge is 0.341 e. The average molecular weight is 327 g/mol. The molecule has 1 aromatic rings. The number of hydrogen-bond donors (Lipinski definition) is 0. The van der Waals surface area contributed by atoms with Gasteiger partial charge in [-0.2, -0.15) is 0 Å². The molecule has 0 spiro atoms. The lowest BCUT2D eigenvalue weighted by Crippen LogP contribution is -2.53. The van der Waals surface area contributed by atoms with Crippen LogP contribution in [0, 0.1) is 5.92 Å². The monoisotopic (exact) mass is 327 g/mol. The van der Waals surface area contributed by atoms with E-state index in [2.05, 4.69) is 20.9 Å². The number of piperidine rings is 1. The minimum atomic E-state index is 0.259. The maximum atomic E-state index is 12.7. The highest BCUT2D eigenvalue weighted by molar-refractivity contribution is 5.80. The molecule has 0 radical (unpaired) electrons. The van der Waals surface area contributed by atoms with Crippen LogP contribution in [0.5, 0.6) is 0 Å². The Hall–Kier alpha value is -1.42. The first-order valence-corrected chi connectivity index (χ1v) is 9.75. The molecule has 1 aliphatic carbocycles. The molecule has 3 aliphatic rings. The molecule has 0 unspecified atom stereocenters. The fraction of sp³-hybridized carbons (Fsp3) is 0.700. The van der Waals surface area contributed by atoms with Gasteiger partial charge in [0.2, 0.25) is 5.91 Å². The molecule has 0 aromatic carbocycles. The molecule has 2 aliphatic heterocycles.